The first kappa shape index (κ1) is 16.4. The van der Waals surface area contributed by atoms with Crippen LogP contribution in [0.2, 0.25) is 0 Å². The maximum Gasteiger partial charge on any atom is 0.305 e. The molecular weight excluding hydrogens is 290 g/mol. The Morgan fingerprint density at radius 1 is 1.35 bits per heavy atom. The average molecular weight is 307 g/mol. The quantitative estimate of drug-likeness (QED) is 0.497. The van der Waals surface area contributed by atoms with Crippen molar-refractivity contribution in [3.05, 3.63) is 0 Å². The van der Waals surface area contributed by atoms with E-state index in [4.69, 9.17) is 16.6 Å². The van der Waals surface area contributed by atoms with Crippen molar-refractivity contribution >= 4 is 27.6 Å². The van der Waals surface area contributed by atoms with E-state index < -0.39 is 51.9 Å². The van der Waals surface area contributed by atoms with Gasteiger partial charge in [0.2, 0.25) is 11.8 Å². The lowest BCUT2D eigenvalue weighted by molar-refractivity contribution is -0.141. The summed E-state index contributed by atoms with van der Waals surface area (Å²) >= 11 is 0. The fourth-order valence-electron chi connectivity index (χ4n) is 2.06. The third-order valence-corrected chi connectivity index (χ3v) is 4.66. The highest BCUT2D eigenvalue weighted by Crippen LogP contribution is 2.16. The van der Waals surface area contributed by atoms with Crippen molar-refractivity contribution in [1.29, 1.82) is 0 Å². The fraction of sp³-hybridized carbons (Fsp3) is 0.700. The molecule has 20 heavy (non-hydrogen) atoms. The minimum atomic E-state index is -3.38. The van der Waals surface area contributed by atoms with Gasteiger partial charge in [-0.1, -0.05) is 0 Å². The van der Waals surface area contributed by atoms with Crippen molar-refractivity contribution in [3.8, 4) is 0 Å². The van der Waals surface area contributed by atoms with Gasteiger partial charge in [0.1, 0.15) is 0 Å². The molecule has 2 amide bonds. The molecule has 0 aromatic heterocycles. The number of rotatable bonds is 5. The molecule has 10 heteroatoms. The summed E-state index contributed by atoms with van der Waals surface area (Å²) in [5.74, 6) is -3.31. The van der Waals surface area contributed by atoms with Crippen LogP contribution in [-0.4, -0.2) is 66.3 Å². The molecule has 0 aromatic carbocycles. The summed E-state index contributed by atoms with van der Waals surface area (Å²) < 4.78 is 23.0. The highest BCUT2D eigenvalue weighted by Gasteiger charge is 2.37. The summed E-state index contributed by atoms with van der Waals surface area (Å²) in [6, 6.07) is -2.16. The Bertz CT molecular complexity index is 517. The molecule has 0 spiro atoms. The number of primary amides is 1. The summed E-state index contributed by atoms with van der Waals surface area (Å²) in [7, 11) is -3.38. The zero-order chi connectivity index (χ0) is 15.5. The van der Waals surface area contributed by atoms with Crippen molar-refractivity contribution in [1.82, 2.24) is 4.90 Å². The molecule has 1 aliphatic rings. The number of hydrogen-bond acceptors (Lipinski definition) is 6. The van der Waals surface area contributed by atoms with Crippen molar-refractivity contribution < 1.29 is 27.9 Å². The van der Waals surface area contributed by atoms with Crippen LogP contribution < -0.4 is 11.5 Å². The summed E-state index contributed by atoms with van der Waals surface area (Å²) in [4.78, 5) is 34.7. The Morgan fingerprint density at radius 2 is 1.95 bits per heavy atom. The molecule has 0 aromatic rings. The zero-order valence-electron chi connectivity index (χ0n) is 10.7. The number of nitrogens with zero attached hydrogens (tertiary/aromatic N) is 1. The van der Waals surface area contributed by atoms with Crippen LogP contribution in [0.5, 0.6) is 0 Å². The first-order valence-electron chi connectivity index (χ1n) is 5.89. The van der Waals surface area contributed by atoms with Crippen LogP contribution in [-0.2, 0) is 24.2 Å². The molecule has 1 aliphatic heterocycles. The largest absolute Gasteiger partial charge is 0.481 e. The van der Waals surface area contributed by atoms with Gasteiger partial charge in [-0.3, -0.25) is 14.4 Å². The van der Waals surface area contributed by atoms with Gasteiger partial charge in [-0.15, -0.1) is 0 Å². The summed E-state index contributed by atoms with van der Waals surface area (Å²) in [5.41, 5.74) is 10.5. The van der Waals surface area contributed by atoms with Gasteiger partial charge in [0.05, 0.1) is 36.4 Å². The third kappa shape index (κ3) is 4.46. The maximum atomic E-state index is 12.0. The van der Waals surface area contributed by atoms with E-state index in [0.29, 0.717) is 0 Å². The van der Waals surface area contributed by atoms with Crippen LogP contribution in [0.15, 0.2) is 0 Å². The molecule has 2 atom stereocenters. The normalized spacial score (nSPS) is 23.1. The minimum Gasteiger partial charge on any atom is -0.481 e. The first-order valence-corrected chi connectivity index (χ1v) is 7.71. The van der Waals surface area contributed by atoms with Gasteiger partial charge in [-0.25, -0.2) is 8.42 Å². The molecule has 1 saturated heterocycles. The third-order valence-electron chi connectivity index (χ3n) is 2.96. The first-order chi connectivity index (χ1) is 9.12. The molecule has 1 heterocycles. The topological polar surface area (TPSA) is 161 Å². The molecule has 1 rings (SSSR count). The van der Waals surface area contributed by atoms with Crippen LogP contribution in [0.4, 0.5) is 0 Å². The SMILES string of the molecule is NC(=O)CC(N)C(=O)N1CCS(=O)(=O)CC1CC(=O)O. The number of carbonyl (C=O) groups is 3. The molecule has 0 bridgehead atoms. The maximum absolute atomic E-state index is 12.0. The van der Waals surface area contributed by atoms with Gasteiger partial charge in [0, 0.05) is 6.54 Å². The fourth-order valence-corrected chi connectivity index (χ4v) is 3.59. The van der Waals surface area contributed by atoms with E-state index in [1.165, 1.54) is 0 Å². The molecule has 5 N–H and O–H groups in total. The highest BCUT2D eigenvalue weighted by molar-refractivity contribution is 7.91. The van der Waals surface area contributed by atoms with Crippen LogP contribution >= 0.6 is 0 Å². The second kappa shape index (κ2) is 6.18. The van der Waals surface area contributed by atoms with Crippen LogP contribution in [0.1, 0.15) is 12.8 Å². The Morgan fingerprint density at radius 3 is 2.45 bits per heavy atom. The van der Waals surface area contributed by atoms with Gasteiger partial charge < -0.3 is 21.5 Å². The minimum absolute atomic E-state index is 0.133. The summed E-state index contributed by atoms with van der Waals surface area (Å²) in [6.45, 7) is -0.133. The van der Waals surface area contributed by atoms with E-state index in [1.807, 2.05) is 0 Å². The van der Waals surface area contributed by atoms with E-state index in [1.54, 1.807) is 0 Å². The molecular formula is C10H17N3O6S. The van der Waals surface area contributed by atoms with Gasteiger partial charge in [0.25, 0.3) is 0 Å². The monoisotopic (exact) mass is 307 g/mol. The lowest BCUT2D eigenvalue weighted by Crippen LogP contribution is -2.56. The Hall–Kier alpha value is -1.68. The Labute approximate surface area is 115 Å². The summed E-state index contributed by atoms with van der Waals surface area (Å²) in [5, 5.41) is 8.78. The van der Waals surface area contributed by atoms with E-state index >= 15 is 0 Å². The predicted octanol–water partition coefficient (Wildman–Crippen LogP) is -2.71. The van der Waals surface area contributed by atoms with Gasteiger partial charge >= 0.3 is 5.97 Å². The van der Waals surface area contributed by atoms with Crippen LogP contribution in [0.3, 0.4) is 0 Å². The van der Waals surface area contributed by atoms with E-state index in [0.717, 1.165) is 4.90 Å². The molecule has 9 nitrogen and oxygen atoms in total. The molecule has 114 valence electrons. The van der Waals surface area contributed by atoms with Crippen molar-refractivity contribution in [2.45, 2.75) is 24.9 Å². The smallest absolute Gasteiger partial charge is 0.305 e. The molecule has 0 radical (unpaired) electrons. The molecule has 0 aliphatic carbocycles. The second-order valence-corrected chi connectivity index (χ2v) is 6.90. The Kier molecular flexibility index (Phi) is 5.06. The van der Waals surface area contributed by atoms with E-state index in [2.05, 4.69) is 0 Å². The van der Waals surface area contributed by atoms with Gasteiger partial charge in [-0.2, -0.15) is 0 Å². The predicted molar refractivity (Wildman–Crippen MR) is 68.2 cm³/mol. The van der Waals surface area contributed by atoms with Gasteiger partial charge in [-0.05, 0) is 0 Å². The standard InChI is InChI=1S/C10H17N3O6S/c11-7(4-8(12)14)10(17)13-1-2-20(18,19)5-6(13)3-9(15)16/h6-7H,1-5,11H2,(H2,12,14)(H,15,16). The molecule has 0 saturated carbocycles. The van der Waals surface area contributed by atoms with E-state index in [-0.39, 0.29) is 18.7 Å². The zero-order valence-corrected chi connectivity index (χ0v) is 11.5. The Balaban J connectivity index is 2.87. The number of aliphatic carboxylic acids is 1. The number of amides is 2. The number of sulfone groups is 1. The average Bonchev–Trinajstić information content (AvgIpc) is 2.25. The number of carboxylic acid groups (broad SMARTS) is 1. The van der Waals surface area contributed by atoms with Crippen molar-refractivity contribution in [2.24, 2.45) is 11.5 Å². The molecule has 1 fully saturated rings. The van der Waals surface area contributed by atoms with Crippen LogP contribution in [0.25, 0.3) is 0 Å². The second-order valence-electron chi connectivity index (χ2n) is 4.67. The number of hydrogen-bond donors (Lipinski definition) is 3. The van der Waals surface area contributed by atoms with Crippen LogP contribution in [0, 0.1) is 0 Å². The van der Waals surface area contributed by atoms with Crippen molar-refractivity contribution in [3.63, 3.8) is 0 Å². The van der Waals surface area contributed by atoms with E-state index in [9.17, 15) is 22.8 Å². The highest BCUT2D eigenvalue weighted by atomic mass is 32.2. The number of nitrogens with two attached hydrogens (primary N) is 2. The number of carbonyl (C=O) groups excluding carboxylic acids is 2. The summed E-state index contributed by atoms with van der Waals surface area (Å²) in [6.07, 6.45) is -0.865. The lowest BCUT2D eigenvalue weighted by Gasteiger charge is -2.36. The van der Waals surface area contributed by atoms with Gasteiger partial charge in [0.15, 0.2) is 9.84 Å². The van der Waals surface area contributed by atoms with Crippen molar-refractivity contribution in [2.75, 3.05) is 18.1 Å². The lowest BCUT2D eigenvalue weighted by atomic mass is 10.1. The molecule has 2 unspecified atom stereocenters. The number of carboxylic acids is 1.